The molecule has 0 unspecified atom stereocenters. The van der Waals surface area contributed by atoms with Gasteiger partial charge in [-0.25, -0.2) is 0 Å². The first-order chi connectivity index (χ1) is 10.5. The Labute approximate surface area is 138 Å². The summed E-state index contributed by atoms with van der Waals surface area (Å²) < 4.78 is 10.4. The molecule has 0 aromatic heterocycles. The zero-order valence-corrected chi connectivity index (χ0v) is 13.7. The summed E-state index contributed by atoms with van der Waals surface area (Å²) in [6.07, 6.45) is -0.0446. The van der Waals surface area contributed by atoms with Crippen LogP contribution in [0.5, 0.6) is 11.5 Å². The van der Waals surface area contributed by atoms with Crippen molar-refractivity contribution in [3.05, 3.63) is 47.0 Å². The lowest BCUT2D eigenvalue weighted by Crippen LogP contribution is -2.01. The molecule has 0 fully saturated rings. The second-order valence-electron chi connectivity index (χ2n) is 4.44. The Hall–Kier alpha value is -1.85. The van der Waals surface area contributed by atoms with Gasteiger partial charge in [-0.05, 0) is 35.9 Å². The Morgan fingerprint density at radius 3 is 2.59 bits per heavy atom. The zero-order valence-electron chi connectivity index (χ0n) is 12.1. The number of halogens is 1. The molecule has 0 amide bonds. The Balaban J connectivity index is 2.36. The summed E-state index contributed by atoms with van der Waals surface area (Å²) in [5.41, 5.74) is 0.729. The number of ether oxygens (including phenoxy) is 2. The van der Waals surface area contributed by atoms with E-state index in [1.54, 1.807) is 32.4 Å². The van der Waals surface area contributed by atoms with E-state index in [0.717, 1.165) is 15.4 Å². The molecular weight excluding hydrogens is 324 g/mol. The van der Waals surface area contributed by atoms with E-state index in [9.17, 15) is 4.79 Å². The number of rotatable bonds is 6. The zero-order chi connectivity index (χ0) is 16.1. The minimum absolute atomic E-state index is 0.0446. The van der Waals surface area contributed by atoms with Crippen LogP contribution < -0.4 is 9.47 Å². The van der Waals surface area contributed by atoms with Gasteiger partial charge in [0, 0.05) is 9.79 Å². The lowest BCUT2D eigenvalue weighted by Gasteiger charge is -2.11. The minimum atomic E-state index is -0.874. The number of carboxylic acids is 1. The molecule has 6 heteroatoms. The molecule has 4 nitrogen and oxygen atoms in total. The van der Waals surface area contributed by atoms with Crippen LogP contribution in [0.1, 0.15) is 5.56 Å². The summed E-state index contributed by atoms with van der Waals surface area (Å²) in [4.78, 5) is 12.7. The number of aliphatic carboxylic acids is 1. The van der Waals surface area contributed by atoms with Crippen molar-refractivity contribution in [3.63, 3.8) is 0 Å². The van der Waals surface area contributed by atoms with Crippen LogP contribution in [-0.2, 0) is 11.2 Å². The van der Waals surface area contributed by atoms with Crippen LogP contribution >= 0.6 is 23.4 Å². The Morgan fingerprint density at radius 2 is 1.95 bits per heavy atom. The first kappa shape index (κ1) is 16.5. The average Bonchev–Trinajstić information content (AvgIpc) is 2.50. The van der Waals surface area contributed by atoms with Crippen molar-refractivity contribution in [3.8, 4) is 11.5 Å². The number of carbonyl (C=O) groups is 1. The summed E-state index contributed by atoms with van der Waals surface area (Å²) in [7, 11) is 3.13. The van der Waals surface area contributed by atoms with Gasteiger partial charge in [0.25, 0.3) is 0 Å². The normalized spacial score (nSPS) is 10.3. The summed E-state index contributed by atoms with van der Waals surface area (Å²) in [6, 6.07) is 10.8. The van der Waals surface area contributed by atoms with Crippen LogP contribution in [-0.4, -0.2) is 25.3 Å². The van der Waals surface area contributed by atoms with Crippen LogP contribution in [0.3, 0.4) is 0 Å². The van der Waals surface area contributed by atoms with Crippen molar-refractivity contribution in [1.82, 2.24) is 0 Å². The van der Waals surface area contributed by atoms with Gasteiger partial charge in [0.2, 0.25) is 0 Å². The van der Waals surface area contributed by atoms with E-state index in [0.29, 0.717) is 16.5 Å². The largest absolute Gasteiger partial charge is 0.497 e. The first-order valence-corrected chi connectivity index (χ1v) is 7.63. The highest BCUT2D eigenvalue weighted by Gasteiger charge is 2.11. The molecule has 22 heavy (non-hydrogen) atoms. The molecule has 0 spiro atoms. The highest BCUT2D eigenvalue weighted by molar-refractivity contribution is 7.99. The van der Waals surface area contributed by atoms with Crippen LogP contribution in [0, 0.1) is 0 Å². The molecule has 1 N–H and O–H groups in total. The van der Waals surface area contributed by atoms with Gasteiger partial charge in [0.15, 0.2) is 0 Å². The average molecular weight is 339 g/mol. The van der Waals surface area contributed by atoms with Gasteiger partial charge in [-0.1, -0.05) is 29.4 Å². The fraction of sp³-hybridized carbons (Fsp3) is 0.188. The van der Waals surface area contributed by atoms with Gasteiger partial charge >= 0.3 is 5.97 Å². The first-order valence-electron chi connectivity index (χ1n) is 6.43. The lowest BCUT2D eigenvalue weighted by atomic mass is 10.1. The van der Waals surface area contributed by atoms with Crippen LogP contribution in [0.4, 0.5) is 0 Å². The maximum Gasteiger partial charge on any atom is 0.307 e. The predicted molar refractivity (Wildman–Crippen MR) is 86.5 cm³/mol. The van der Waals surface area contributed by atoms with Gasteiger partial charge in [0.1, 0.15) is 11.5 Å². The molecule has 0 aliphatic carbocycles. The maximum atomic E-state index is 11.0. The third kappa shape index (κ3) is 4.08. The van der Waals surface area contributed by atoms with E-state index >= 15 is 0 Å². The summed E-state index contributed by atoms with van der Waals surface area (Å²) in [5.74, 6) is 0.382. The number of hydrogen-bond donors (Lipinski definition) is 1. The molecule has 2 aromatic carbocycles. The molecule has 0 aliphatic rings. The van der Waals surface area contributed by atoms with E-state index in [1.165, 1.54) is 11.8 Å². The highest BCUT2D eigenvalue weighted by Crippen LogP contribution is 2.37. The Morgan fingerprint density at radius 1 is 1.18 bits per heavy atom. The molecule has 2 rings (SSSR count). The van der Waals surface area contributed by atoms with Gasteiger partial charge in [-0.15, -0.1) is 0 Å². The molecule has 0 bridgehead atoms. The monoisotopic (exact) mass is 338 g/mol. The van der Waals surface area contributed by atoms with E-state index < -0.39 is 5.97 Å². The van der Waals surface area contributed by atoms with Crippen molar-refractivity contribution in [2.24, 2.45) is 0 Å². The second-order valence-corrected chi connectivity index (χ2v) is 5.97. The van der Waals surface area contributed by atoms with Gasteiger partial charge in [-0.2, -0.15) is 0 Å². The van der Waals surface area contributed by atoms with Crippen LogP contribution in [0.25, 0.3) is 0 Å². The second kappa shape index (κ2) is 7.42. The predicted octanol–water partition coefficient (Wildman–Crippen LogP) is 4.14. The SMILES string of the molecule is COc1ccc(CC(=O)O)c(Sc2ccc(Cl)c(OC)c2)c1. The number of hydrogen-bond acceptors (Lipinski definition) is 4. The summed E-state index contributed by atoms with van der Waals surface area (Å²) in [6.45, 7) is 0. The van der Waals surface area contributed by atoms with Crippen molar-refractivity contribution < 1.29 is 19.4 Å². The fourth-order valence-corrected chi connectivity index (χ4v) is 3.09. The number of methoxy groups -OCH3 is 2. The van der Waals surface area contributed by atoms with Gasteiger partial charge in [0.05, 0.1) is 25.7 Å². The van der Waals surface area contributed by atoms with Gasteiger partial charge in [-0.3, -0.25) is 4.79 Å². The summed E-state index contributed by atoms with van der Waals surface area (Å²) >= 11 is 7.46. The number of benzene rings is 2. The molecule has 0 aliphatic heterocycles. The third-order valence-electron chi connectivity index (χ3n) is 2.97. The Bertz CT molecular complexity index is 688. The molecule has 0 saturated heterocycles. The smallest absolute Gasteiger partial charge is 0.307 e. The van der Waals surface area contributed by atoms with Crippen molar-refractivity contribution in [2.45, 2.75) is 16.2 Å². The van der Waals surface area contributed by atoms with Crippen LogP contribution in [0.2, 0.25) is 5.02 Å². The fourth-order valence-electron chi connectivity index (χ4n) is 1.90. The third-order valence-corrected chi connectivity index (χ3v) is 4.37. The standard InChI is InChI=1S/C16H15ClO4S/c1-20-11-4-3-10(7-16(18)19)15(8-11)22-12-5-6-13(17)14(9-12)21-2/h3-6,8-9H,7H2,1-2H3,(H,18,19). The molecule has 0 heterocycles. The topological polar surface area (TPSA) is 55.8 Å². The van der Waals surface area contributed by atoms with E-state index in [-0.39, 0.29) is 6.42 Å². The lowest BCUT2D eigenvalue weighted by molar-refractivity contribution is -0.136. The van der Waals surface area contributed by atoms with Crippen molar-refractivity contribution >= 4 is 29.3 Å². The van der Waals surface area contributed by atoms with E-state index in [2.05, 4.69) is 0 Å². The molecule has 2 aromatic rings. The molecule has 116 valence electrons. The molecule has 0 radical (unpaired) electrons. The molecule has 0 atom stereocenters. The highest BCUT2D eigenvalue weighted by atomic mass is 35.5. The van der Waals surface area contributed by atoms with E-state index in [1.807, 2.05) is 18.2 Å². The van der Waals surface area contributed by atoms with Crippen molar-refractivity contribution in [2.75, 3.05) is 14.2 Å². The van der Waals surface area contributed by atoms with Gasteiger partial charge < -0.3 is 14.6 Å². The van der Waals surface area contributed by atoms with Crippen molar-refractivity contribution in [1.29, 1.82) is 0 Å². The van der Waals surface area contributed by atoms with E-state index in [4.69, 9.17) is 26.2 Å². The minimum Gasteiger partial charge on any atom is -0.497 e. The molecular formula is C16H15ClO4S. The van der Waals surface area contributed by atoms with Crippen LogP contribution in [0.15, 0.2) is 46.2 Å². The molecule has 0 saturated carbocycles. The Kier molecular flexibility index (Phi) is 5.57. The summed E-state index contributed by atoms with van der Waals surface area (Å²) in [5, 5.41) is 9.56. The quantitative estimate of drug-likeness (QED) is 0.858. The number of carboxylic acid groups (broad SMARTS) is 1. The maximum absolute atomic E-state index is 11.0.